The Bertz CT molecular complexity index is 1100. The molecule has 34 heavy (non-hydrogen) atoms. The van der Waals surface area contributed by atoms with Crippen LogP contribution in [0.4, 0.5) is 8.78 Å². The Hall–Kier alpha value is -2.96. The molecule has 2 atom stereocenters. The molecule has 0 amide bonds. The molecule has 3 aliphatic heterocycles. The van der Waals surface area contributed by atoms with E-state index >= 15 is 0 Å². The lowest BCUT2D eigenvalue weighted by atomic mass is 9.82. The molecule has 2 saturated heterocycles. The Kier molecular flexibility index (Phi) is 5.50. The number of hydrogen-bond donors (Lipinski definition) is 0. The van der Waals surface area contributed by atoms with Crippen LogP contribution < -0.4 is 9.47 Å². The summed E-state index contributed by atoms with van der Waals surface area (Å²) < 4.78 is 37.1. The molecule has 176 valence electrons. The Balaban J connectivity index is 1.33. The van der Waals surface area contributed by atoms with Gasteiger partial charge in [-0.1, -0.05) is 72.8 Å². The van der Waals surface area contributed by atoms with Crippen molar-refractivity contribution in [1.29, 1.82) is 0 Å². The first-order valence-corrected chi connectivity index (χ1v) is 12.0. The number of para-hydroxylation sites is 1. The van der Waals surface area contributed by atoms with E-state index in [0.717, 1.165) is 31.6 Å². The first kappa shape index (κ1) is 21.6. The van der Waals surface area contributed by atoms with Crippen LogP contribution in [0.3, 0.4) is 0 Å². The Morgan fingerprint density at radius 3 is 2.26 bits per heavy atom. The SMILES string of the molecule is FC1(F)Oc2cccc(CN3C[C@@H]4CCCN4[C@H](C(c4ccccc4)c4ccccc4)C3)c2O1. The van der Waals surface area contributed by atoms with Gasteiger partial charge in [-0.2, -0.15) is 0 Å². The minimum absolute atomic E-state index is 0.116. The van der Waals surface area contributed by atoms with Crippen molar-refractivity contribution in [3.63, 3.8) is 0 Å². The van der Waals surface area contributed by atoms with E-state index in [-0.39, 0.29) is 17.4 Å². The second-order valence-corrected chi connectivity index (χ2v) is 9.51. The third-order valence-electron chi connectivity index (χ3n) is 7.37. The lowest BCUT2D eigenvalue weighted by molar-refractivity contribution is -0.287. The number of piperazine rings is 1. The van der Waals surface area contributed by atoms with Crippen LogP contribution in [0, 0.1) is 0 Å². The number of hydrogen-bond acceptors (Lipinski definition) is 4. The van der Waals surface area contributed by atoms with E-state index in [2.05, 4.69) is 75.2 Å². The molecule has 0 unspecified atom stereocenters. The summed E-state index contributed by atoms with van der Waals surface area (Å²) in [6.07, 6.45) is -1.25. The molecule has 0 aromatic heterocycles. The topological polar surface area (TPSA) is 24.9 Å². The van der Waals surface area contributed by atoms with E-state index in [9.17, 15) is 8.78 Å². The molecule has 0 aliphatic carbocycles. The maximum atomic E-state index is 13.8. The maximum absolute atomic E-state index is 13.8. The van der Waals surface area contributed by atoms with Gasteiger partial charge in [-0.05, 0) is 36.6 Å². The van der Waals surface area contributed by atoms with Crippen molar-refractivity contribution in [2.75, 3.05) is 19.6 Å². The monoisotopic (exact) mass is 462 g/mol. The fraction of sp³-hybridized carbons (Fsp3) is 0.357. The fourth-order valence-electron chi connectivity index (χ4n) is 6.01. The second kappa shape index (κ2) is 8.67. The molecule has 0 spiro atoms. The van der Waals surface area contributed by atoms with E-state index in [1.807, 2.05) is 6.07 Å². The molecule has 6 heteroatoms. The maximum Gasteiger partial charge on any atom is 0.586 e. The van der Waals surface area contributed by atoms with E-state index < -0.39 is 6.29 Å². The molecule has 0 N–H and O–H groups in total. The number of alkyl halides is 2. The van der Waals surface area contributed by atoms with Gasteiger partial charge in [0, 0.05) is 43.2 Å². The summed E-state index contributed by atoms with van der Waals surface area (Å²) in [6, 6.07) is 27.4. The Labute approximate surface area is 198 Å². The highest BCUT2D eigenvalue weighted by Gasteiger charge is 2.45. The molecule has 0 saturated carbocycles. The van der Waals surface area contributed by atoms with Gasteiger partial charge in [0.2, 0.25) is 0 Å². The van der Waals surface area contributed by atoms with Crippen LogP contribution in [-0.4, -0.2) is 47.8 Å². The predicted octanol–water partition coefficient (Wildman–Crippen LogP) is 5.49. The van der Waals surface area contributed by atoms with Crippen LogP contribution in [-0.2, 0) is 6.54 Å². The quantitative estimate of drug-likeness (QED) is 0.501. The van der Waals surface area contributed by atoms with Crippen molar-refractivity contribution >= 4 is 0 Å². The van der Waals surface area contributed by atoms with Crippen molar-refractivity contribution in [3.8, 4) is 11.5 Å². The average molecular weight is 463 g/mol. The van der Waals surface area contributed by atoms with Gasteiger partial charge in [0.15, 0.2) is 11.5 Å². The molecular formula is C28H28F2N2O2. The third-order valence-corrected chi connectivity index (χ3v) is 7.37. The molecule has 2 fully saturated rings. The van der Waals surface area contributed by atoms with E-state index in [1.54, 1.807) is 6.07 Å². The van der Waals surface area contributed by atoms with Gasteiger partial charge in [0.05, 0.1) is 0 Å². The smallest absolute Gasteiger partial charge is 0.395 e. The van der Waals surface area contributed by atoms with E-state index in [0.29, 0.717) is 18.6 Å². The lowest BCUT2D eigenvalue weighted by Gasteiger charge is -2.47. The van der Waals surface area contributed by atoms with Gasteiger partial charge in [0.1, 0.15) is 0 Å². The highest BCUT2D eigenvalue weighted by Crippen LogP contribution is 2.44. The standard InChI is InChI=1S/C28H28F2N2O2/c29-28(30)33-25-15-7-13-22(27(25)34-28)17-31-18-23-14-8-16-32(23)24(19-31)26(20-9-3-1-4-10-20)21-11-5-2-6-12-21/h1-7,9-13,15,23-24,26H,8,14,16-19H2/t23-,24-/m0/s1. The largest absolute Gasteiger partial charge is 0.586 e. The minimum Gasteiger partial charge on any atom is -0.395 e. The first-order valence-electron chi connectivity index (χ1n) is 12.0. The van der Waals surface area contributed by atoms with Gasteiger partial charge in [-0.3, -0.25) is 9.80 Å². The van der Waals surface area contributed by atoms with Crippen molar-refractivity contribution in [3.05, 3.63) is 95.6 Å². The molecule has 0 bridgehead atoms. The number of halogens is 2. The summed E-state index contributed by atoms with van der Waals surface area (Å²) >= 11 is 0. The fourth-order valence-corrected chi connectivity index (χ4v) is 6.01. The van der Waals surface area contributed by atoms with Gasteiger partial charge in [0.25, 0.3) is 0 Å². The van der Waals surface area contributed by atoms with Crippen LogP contribution in [0.1, 0.15) is 35.4 Å². The highest BCUT2D eigenvalue weighted by molar-refractivity contribution is 5.48. The predicted molar refractivity (Wildman–Crippen MR) is 126 cm³/mol. The lowest BCUT2D eigenvalue weighted by Crippen LogP contribution is -2.57. The molecule has 0 radical (unpaired) electrons. The van der Waals surface area contributed by atoms with Crippen molar-refractivity contribution < 1.29 is 18.3 Å². The molecule has 3 aliphatic rings. The molecule has 4 nitrogen and oxygen atoms in total. The third kappa shape index (κ3) is 4.05. The van der Waals surface area contributed by atoms with Crippen LogP contribution in [0.15, 0.2) is 78.9 Å². The second-order valence-electron chi connectivity index (χ2n) is 9.51. The van der Waals surface area contributed by atoms with Crippen LogP contribution in [0.5, 0.6) is 11.5 Å². The summed E-state index contributed by atoms with van der Waals surface area (Å²) in [5.41, 5.74) is 3.36. The number of ether oxygens (including phenoxy) is 2. The Morgan fingerprint density at radius 2 is 1.56 bits per heavy atom. The number of benzene rings is 3. The summed E-state index contributed by atoms with van der Waals surface area (Å²) in [5.74, 6) is 0.516. The zero-order valence-corrected chi connectivity index (χ0v) is 18.9. The summed E-state index contributed by atoms with van der Waals surface area (Å²) in [4.78, 5) is 5.09. The van der Waals surface area contributed by atoms with Crippen LogP contribution >= 0.6 is 0 Å². The molecule has 3 aromatic carbocycles. The zero-order valence-electron chi connectivity index (χ0n) is 18.9. The Morgan fingerprint density at radius 1 is 0.853 bits per heavy atom. The number of nitrogens with zero attached hydrogens (tertiary/aromatic N) is 2. The minimum atomic E-state index is -3.60. The zero-order chi connectivity index (χ0) is 23.1. The van der Waals surface area contributed by atoms with Gasteiger partial charge in [-0.15, -0.1) is 8.78 Å². The highest BCUT2D eigenvalue weighted by atomic mass is 19.3. The summed E-state index contributed by atoms with van der Waals surface area (Å²) in [5, 5.41) is 0. The molecule has 3 heterocycles. The first-order chi connectivity index (χ1) is 16.6. The summed E-state index contributed by atoms with van der Waals surface area (Å²) in [7, 11) is 0. The average Bonchev–Trinajstić information content (AvgIpc) is 3.44. The van der Waals surface area contributed by atoms with Gasteiger partial charge < -0.3 is 9.47 Å². The number of rotatable bonds is 5. The van der Waals surface area contributed by atoms with Crippen molar-refractivity contribution in [1.82, 2.24) is 9.80 Å². The van der Waals surface area contributed by atoms with Crippen LogP contribution in [0.2, 0.25) is 0 Å². The molecular weight excluding hydrogens is 434 g/mol. The summed E-state index contributed by atoms with van der Waals surface area (Å²) in [6.45, 7) is 3.43. The van der Waals surface area contributed by atoms with E-state index in [4.69, 9.17) is 4.74 Å². The van der Waals surface area contributed by atoms with Crippen LogP contribution in [0.25, 0.3) is 0 Å². The number of fused-ring (bicyclic) bond motifs is 2. The molecule has 6 rings (SSSR count). The van der Waals surface area contributed by atoms with Gasteiger partial charge in [-0.25, -0.2) is 0 Å². The normalized spacial score (nSPS) is 23.9. The van der Waals surface area contributed by atoms with Crippen molar-refractivity contribution in [2.45, 2.75) is 43.7 Å². The van der Waals surface area contributed by atoms with Gasteiger partial charge >= 0.3 is 6.29 Å². The van der Waals surface area contributed by atoms with Crippen molar-refractivity contribution in [2.24, 2.45) is 0 Å². The molecule has 3 aromatic rings. The van der Waals surface area contributed by atoms with E-state index in [1.165, 1.54) is 23.6 Å².